The summed E-state index contributed by atoms with van der Waals surface area (Å²) in [5.74, 6) is 1.84. The van der Waals surface area contributed by atoms with Gasteiger partial charge in [0.25, 0.3) is 0 Å². The maximum atomic E-state index is 11.3. The van der Waals surface area contributed by atoms with Crippen LogP contribution in [0.25, 0.3) is 0 Å². The van der Waals surface area contributed by atoms with E-state index in [1.54, 1.807) is 13.0 Å². The molecule has 6 nitrogen and oxygen atoms in total. The largest absolute Gasteiger partial charge is 0.486 e. The summed E-state index contributed by atoms with van der Waals surface area (Å²) in [7, 11) is 1.87. The van der Waals surface area contributed by atoms with Gasteiger partial charge in [-0.1, -0.05) is 23.4 Å². The fourth-order valence-corrected chi connectivity index (χ4v) is 2.88. The van der Waals surface area contributed by atoms with E-state index >= 15 is 0 Å². The zero-order valence-corrected chi connectivity index (χ0v) is 15.5. The number of carbonyl (C=O) groups is 1. The lowest BCUT2D eigenvalue weighted by molar-refractivity contribution is -0.142. The molecule has 130 valence electrons. The predicted molar refractivity (Wildman–Crippen MR) is 93.5 cm³/mol. The number of carbonyl (C=O) groups excluding carboxylic acids is 1. The Balaban J connectivity index is 1.87. The van der Waals surface area contributed by atoms with Gasteiger partial charge in [-0.05, 0) is 37.6 Å². The molecule has 2 aromatic rings. The molecule has 0 amide bonds. The third-order valence-corrected chi connectivity index (χ3v) is 4.71. The second kappa shape index (κ2) is 8.94. The zero-order valence-electron chi connectivity index (χ0n) is 13.9. The molecule has 1 aromatic heterocycles. The molecule has 1 aromatic carbocycles. The Morgan fingerprint density at radius 3 is 2.88 bits per heavy atom. The first-order chi connectivity index (χ1) is 11.5. The Hall–Kier alpha value is -1.73. The van der Waals surface area contributed by atoms with Crippen LogP contribution >= 0.6 is 23.4 Å². The second-order valence-corrected chi connectivity index (χ2v) is 6.53. The van der Waals surface area contributed by atoms with E-state index in [9.17, 15) is 4.79 Å². The number of ether oxygens (including phenoxy) is 2. The minimum atomic E-state index is -0.200. The highest BCUT2D eigenvalue weighted by Gasteiger charge is 2.11. The molecular formula is C16H20ClN3O3S. The van der Waals surface area contributed by atoms with Gasteiger partial charge in [0.1, 0.15) is 12.4 Å². The summed E-state index contributed by atoms with van der Waals surface area (Å²) in [5, 5.41) is 9.71. The number of esters is 1. The summed E-state index contributed by atoms with van der Waals surface area (Å²) in [6.07, 6.45) is 0.348. The van der Waals surface area contributed by atoms with E-state index in [0.29, 0.717) is 36.2 Å². The fourth-order valence-electron chi connectivity index (χ4n) is 1.91. The van der Waals surface area contributed by atoms with Crippen molar-refractivity contribution in [3.8, 4) is 5.75 Å². The molecule has 8 heteroatoms. The number of rotatable bonds is 8. The SMILES string of the molecule is CCOC(=O)CCSc1nnc(COc2ccc(Cl)c(C)c2)n1C. The second-order valence-electron chi connectivity index (χ2n) is 5.06. The molecule has 0 aliphatic rings. The van der Waals surface area contributed by atoms with Crippen molar-refractivity contribution in [1.29, 1.82) is 0 Å². The van der Waals surface area contributed by atoms with Crippen LogP contribution in [0.2, 0.25) is 5.02 Å². The van der Waals surface area contributed by atoms with Crippen molar-refractivity contribution in [2.45, 2.75) is 32.0 Å². The maximum absolute atomic E-state index is 11.3. The number of aryl methyl sites for hydroxylation is 1. The minimum Gasteiger partial charge on any atom is -0.486 e. The Morgan fingerprint density at radius 2 is 2.17 bits per heavy atom. The molecule has 0 spiro atoms. The van der Waals surface area contributed by atoms with E-state index in [1.165, 1.54) is 11.8 Å². The smallest absolute Gasteiger partial charge is 0.306 e. The standard InChI is InChI=1S/C16H20ClN3O3S/c1-4-22-15(21)7-8-24-16-19-18-14(20(16)3)10-23-12-5-6-13(17)11(2)9-12/h5-6,9H,4,7-8,10H2,1-3H3. The van der Waals surface area contributed by atoms with Crippen molar-refractivity contribution in [2.24, 2.45) is 7.05 Å². The molecule has 0 aliphatic heterocycles. The lowest BCUT2D eigenvalue weighted by Crippen LogP contribution is -2.06. The first-order valence-electron chi connectivity index (χ1n) is 7.57. The summed E-state index contributed by atoms with van der Waals surface area (Å²) in [5.41, 5.74) is 0.961. The zero-order chi connectivity index (χ0) is 17.5. The van der Waals surface area contributed by atoms with Crippen molar-refractivity contribution < 1.29 is 14.3 Å². The highest BCUT2D eigenvalue weighted by molar-refractivity contribution is 7.99. The van der Waals surface area contributed by atoms with Crippen LogP contribution in [0.5, 0.6) is 5.75 Å². The number of hydrogen-bond donors (Lipinski definition) is 0. The first kappa shape index (κ1) is 18.6. The number of aromatic nitrogens is 3. The number of benzene rings is 1. The quantitative estimate of drug-likeness (QED) is 0.524. The Morgan fingerprint density at radius 1 is 1.38 bits per heavy atom. The van der Waals surface area contributed by atoms with Gasteiger partial charge in [0.05, 0.1) is 13.0 Å². The first-order valence-corrected chi connectivity index (χ1v) is 8.93. The minimum absolute atomic E-state index is 0.200. The molecule has 0 aliphatic carbocycles. The number of halogens is 1. The van der Waals surface area contributed by atoms with Crippen molar-refractivity contribution in [3.63, 3.8) is 0 Å². The van der Waals surface area contributed by atoms with Crippen LogP contribution in [0.3, 0.4) is 0 Å². The van der Waals surface area contributed by atoms with Crippen molar-refractivity contribution in [3.05, 3.63) is 34.6 Å². The van der Waals surface area contributed by atoms with Gasteiger partial charge in [0.15, 0.2) is 11.0 Å². The van der Waals surface area contributed by atoms with Gasteiger partial charge >= 0.3 is 5.97 Å². The van der Waals surface area contributed by atoms with Crippen molar-refractivity contribution in [2.75, 3.05) is 12.4 Å². The van der Waals surface area contributed by atoms with Gasteiger partial charge in [-0.25, -0.2) is 0 Å². The molecule has 0 atom stereocenters. The predicted octanol–water partition coefficient (Wildman–Crippen LogP) is 3.40. The lowest BCUT2D eigenvalue weighted by Gasteiger charge is -2.08. The number of nitrogens with zero attached hydrogens (tertiary/aromatic N) is 3. The fraction of sp³-hybridized carbons (Fsp3) is 0.438. The van der Waals surface area contributed by atoms with E-state index < -0.39 is 0 Å². The van der Waals surface area contributed by atoms with Crippen LogP contribution in [0.1, 0.15) is 24.7 Å². The van der Waals surface area contributed by atoms with E-state index in [-0.39, 0.29) is 5.97 Å². The third kappa shape index (κ3) is 5.14. The molecular weight excluding hydrogens is 350 g/mol. The molecule has 2 rings (SSSR count). The molecule has 0 unspecified atom stereocenters. The van der Waals surface area contributed by atoms with E-state index in [0.717, 1.165) is 16.5 Å². The number of hydrogen-bond acceptors (Lipinski definition) is 6. The van der Waals surface area contributed by atoms with E-state index in [4.69, 9.17) is 21.1 Å². The summed E-state index contributed by atoms with van der Waals surface area (Å²) in [4.78, 5) is 11.3. The number of thioether (sulfide) groups is 1. The van der Waals surface area contributed by atoms with E-state index in [2.05, 4.69) is 10.2 Å². The Bertz CT molecular complexity index is 706. The highest BCUT2D eigenvalue weighted by atomic mass is 35.5. The van der Waals surface area contributed by atoms with Gasteiger partial charge in [-0.2, -0.15) is 0 Å². The average Bonchev–Trinajstić information content (AvgIpc) is 2.89. The Labute approximate surface area is 150 Å². The Kier molecular flexibility index (Phi) is 6.93. The van der Waals surface area contributed by atoms with Crippen LogP contribution in [0.4, 0.5) is 0 Å². The molecule has 0 fully saturated rings. The molecule has 0 saturated heterocycles. The van der Waals surface area contributed by atoms with Gasteiger partial charge in [-0.3, -0.25) is 4.79 Å². The van der Waals surface area contributed by atoms with Crippen LogP contribution < -0.4 is 4.74 Å². The summed E-state index contributed by atoms with van der Waals surface area (Å²) < 4.78 is 12.5. The normalized spacial score (nSPS) is 10.7. The van der Waals surface area contributed by atoms with Crippen molar-refractivity contribution in [1.82, 2.24) is 14.8 Å². The van der Waals surface area contributed by atoms with Gasteiger partial charge in [0, 0.05) is 17.8 Å². The van der Waals surface area contributed by atoms with Gasteiger partial charge in [0.2, 0.25) is 0 Å². The summed E-state index contributed by atoms with van der Waals surface area (Å²) >= 11 is 7.46. The van der Waals surface area contributed by atoms with Crippen molar-refractivity contribution >= 4 is 29.3 Å². The van der Waals surface area contributed by atoms with Crippen LogP contribution in [0.15, 0.2) is 23.4 Å². The lowest BCUT2D eigenvalue weighted by atomic mass is 10.2. The van der Waals surface area contributed by atoms with Gasteiger partial charge in [-0.15, -0.1) is 10.2 Å². The van der Waals surface area contributed by atoms with Crippen LogP contribution in [-0.4, -0.2) is 33.1 Å². The van der Waals surface area contributed by atoms with E-state index in [1.807, 2.05) is 30.7 Å². The van der Waals surface area contributed by atoms with Gasteiger partial charge < -0.3 is 14.0 Å². The molecule has 0 N–H and O–H groups in total. The average molecular weight is 370 g/mol. The third-order valence-electron chi connectivity index (χ3n) is 3.27. The maximum Gasteiger partial charge on any atom is 0.306 e. The topological polar surface area (TPSA) is 66.2 Å². The molecule has 0 radical (unpaired) electrons. The monoisotopic (exact) mass is 369 g/mol. The summed E-state index contributed by atoms with van der Waals surface area (Å²) in [6, 6.07) is 5.51. The molecule has 0 saturated carbocycles. The molecule has 24 heavy (non-hydrogen) atoms. The molecule has 1 heterocycles. The highest BCUT2D eigenvalue weighted by Crippen LogP contribution is 2.22. The van der Waals surface area contributed by atoms with Crippen LogP contribution in [-0.2, 0) is 23.2 Å². The summed E-state index contributed by atoms with van der Waals surface area (Å²) in [6.45, 7) is 4.43. The molecule has 0 bridgehead atoms. The van der Waals surface area contributed by atoms with Crippen LogP contribution in [0, 0.1) is 6.92 Å².